The van der Waals surface area contributed by atoms with Gasteiger partial charge >= 0.3 is 0 Å². The fourth-order valence-electron chi connectivity index (χ4n) is 4.03. The normalized spacial score (nSPS) is 35.2. The van der Waals surface area contributed by atoms with Crippen molar-refractivity contribution < 1.29 is 0 Å². The van der Waals surface area contributed by atoms with Crippen molar-refractivity contribution in [2.45, 2.75) is 66.0 Å². The summed E-state index contributed by atoms with van der Waals surface area (Å²) in [7, 11) is 0. The van der Waals surface area contributed by atoms with Crippen LogP contribution in [0.3, 0.4) is 0 Å². The van der Waals surface area contributed by atoms with Crippen LogP contribution in [-0.4, -0.2) is 28.6 Å². The van der Waals surface area contributed by atoms with Crippen LogP contribution in [0.2, 0.25) is 0 Å². The van der Waals surface area contributed by atoms with Gasteiger partial charge in [-0.1, -0.05) is 20.8 Å². The third-order valence-corrected chi connectivity index (χ3v) is 4.44. The van der Waals surface area contributed by atoms with E-state index in [2.05, 4.69) is 44.8 Å². The zero-order chi connectivity index (χ0) is 12.8. The Kier molecular flexibility index (Phi) is 3.18. The first kappa shape index (κ1) is 13.1. The van der Waals surface area contributed by atoms with Gasteiger partial charge in [0.25, 0.3) is 0 Å². The van der Waals surface area contributed by atoms with Crippen LogP contribution in [0.4, 0.5) is 0 Å². The zero-order valence-electron chi connectivity index (χ0n) is 11.8. The minimum atomic E-state index is 0.434. The highest BCUT2D eigenvalue weighted by Gasteiger charge is 2.50. The van der Waals surface area contributed by atoms with Gasteiger partial charge in [-0.15, -0.1) is 0 Å². The van der Waals surface area contributed by atoms with Crippen LogP contribution in [0.1, 0.15) is 53.9 Å². The highest BCUT2D eigenvalue weighted by molar-refractivity contribution is 7.80. The molecule has 2 rings (SSSR count). The van der Waals surface area contributed by atoms with Crippen molar-refractivity contribution in [3.63, 3.8) is 0 Å². The molecule has 0 unspecified atom stereocenters. The van der Waals surface area contributed by atoms with Crippen LogP contribution >= 0.6 is 12.2 Å². The molecule has 3 heteroatoms. The lowest BCUT2D eigenvalue weighted by Crippen LogP contribution is -2.45. The Labute approximate surface area is 111 Å². The second-order valence-corrected chi connectivity index (χ2v) is 7.83. The minimum absolute atomic E-state index is 0.434. The summed E-state index contributed by atoms with van der Waals surface area (Å²) in [5.74, 6) is 0. The quantitative estimate of drug-likeness (QED) is 0.724. The first-order chi connectivity index (χ1) is 7.71. The van der Waals surface area contributed by atoms with Gasteiger partial charge < -0.3 is 10.2 Å². The fraction of sp³-hybridized carbons (Fsp3) is 0.929. The molecule has 0 amide bonds. The number of likely N-dealkylation sites (tertiary alicyclic amines) is 1. The van der Waals surface area contributed by atoms with E-state index in [0.717, 1.165) is 11.7 Å². The van der Waals surface area contributed by atoms with Gasteiger partial charge in [-0.25, -0.2) is 0 Å². The van der Waals surface area contributed by atoms with E-state index in [1.165, 1.54) is 19.3 Å². The highest BCUT2D eigenvalue weighted by Crippen LogP contribution is 2.52. The predicted octanol–water partition coefficient (Wildman–Crippen LogP) is 3.17. The third kappa shape index (κ3) is 2.75. The van der Waals surface area contributed by atoms with Crippen molar-refractivity contribution in [1.82, 2.24) is 10.2 Å². The van der Waals surface area contributed by atoms with Crippen LogP contribution < -0.4 is 5.32 Å². The lowest BCUT2D eigenvalue weighted by atomic mass is 9.65. The van der Waals surface area contributed by atoms with Crippen LogP contribution in [-0.2, 0) is 0 Å². The number of nitrogens with zero attached hydrogens (tertiary/aromatic N) is 1. The maximum Gasteiger partial charge on any atom is 0.169 e. The molecule has 1 aliphatic carbocycles. The third-order valence-electron chi connectivity index (χ3n) is 4.09. The lowest BCUT2D eigenvalue weighted by Gasteiger charge is -2.39. The van der Waals surface area contributed by atoms with Crippen LogP contribution in [0, 0.1) is 10.8 Å². The average Bonchev–Trinajstić information content (AvgIpc) is 2.33. The maximum absolute atomic E-state index is 5.55. The Morgan fingerprint density at radius 3 is 2.53 bits per heavy atom. The number of hydrogen-bond acceptors (Lipinski definition) is 1. The molecule has 2 fully saturated rings. The molecular formula is C14H26N2S. The summed E-state index contributed by atoms with van der Waals surface area (Å²) in [6.45, 7) is 12.7. The average molecular weight is 254 g/mol. The van der Waals surface area contributed by atoms with E-state index in [-0.39, 0.29) is 0 Å². The van der Waals surface area contributed by atoms with Crippen LogP contribution in [0.5, 0.6) is 0 Å². The van der Waals surface area contributed by atoms with Gasteiger partial charge in [0.2, 0.25) is 0 Å². The standard InChI is InChI=1S/C14H26N2S/c1-10(2)15-12(17)16-9-14(5)7-11(16)6-13(3,4)8-14/h10-11H,6-9H2,1-5H3,(H,15,17)/t11-,14-/m1/s1. The summed E-state index contributed by atoms with van der Waals surface area (Å²) in [5.41, 5.74) is 0.939. The van der Waals surface area contributed by atoms with E-state index in [9.17, 15) is 0 Å². The van der Waals surface area contributed by atoms with Crippen molar-refractivity contribution in [3.8, 4) is 0 Å². The Morgan fingerprint density at radius 2 is 1.94 bits per heavy atom. The molecule has 1 N–H and O–H groups in total. The molecule has 0 spiro atoms. The van der Waals surface area contributed by atoms with Crippen molar-refractivity contribution >= 4 is 17.3 Å². The number of nitrogens with one attached hydrogen (secondary N) is 1. The molecule has 17 heavy (non-hydrogen) atoms. The van der Waals surface area contributed by atoms with Crippen LogP contribution in [0.15, 0.2) is 0 Å². The molecule has 0 aromatic heterocycles. The fourth-order valence-corrected chi connectivity index (χ4v) is 4.48. The van der Waals surface area contributed by atoms with Gasteiger partial charge in [-0.2, -0.15) is 0 Å². The van der Waals surface area contributed by atoms with Gasteiger partial charge in [0.05, 0.1) is 0 Å². The van der Waals surface area contributed by atoms with Crippen molar-refractivity contribution in [2.75, 3.05) is 6.54 Å². The zero-order valence-corrected chi connectivity index (χ0v) is 12.7. The summed E-state index contributed by atoms with van der Waals surface area (Å²) < 4.78 is 0. The van der Waals surface area contributed by atoms with Crippen molar-refractivity contribution in [2.24, 2.45) is 10.8 Å². The number of rotatable bonds is 1. The molecule has 1 heterocycles. The Balaban J connectivity index is 2.11. The molecule has 1 saturated heterocycles. The second-order valence-electron chi connectivity index (χ2n) is 7.45. The first-order valence-corrected chi connectivity index (χ1v) is 7.19. The van der Waals surface area contributed by atoms with Gasteiger partial charge in [-0.05, 0) is 56.2 Å². The Hall–Kier alpha value is -0.310. The number of fused-ring (bicyclic) bond motifs is 2. The van der Waals surface area contributed by atoms with Crippen molar-refractivity contribution in [3.05, 3.63) is 0 Å². The number of hydrogen-bond donors (Lipinski definition) is 1. The second kappa shape index (κ2) is 4.11. The molecule has 2 bridgehead atoms. The Bertz CT molecular complexity index is 324. The lowest BCUT2D eigenvalue weighted by molar-refractivity contribution is 0.132. The predicted molar refractivity (Wildman–Crippen MR) is 77.1 cm³/mol. The minimum Gasteiger partial charge on any atom is -0.360 e. The van der Waals surface area contributed by atoms with Gasteiger partial charge in [0.1, 0.15) is 0 Å². The summed E-state index contributed by atoms with van der Waals surface area (Å²) in [6.07, 6.45) is 3.93. The topological polar surface area (TPSA) is 15.3 Å². The van der Waals surface area contributed by atoms with Crippen LogP contribution in [0.25, 0.3) is 0 Å². The van der Waals surface area contributed by atoms with E-state index in [0.29, 0.717) is 22.9 Å². The van der Waals surface area contributed by atoms with Gasteiger partial charge in [0, 0.05) is 18.6 Å². The monoisotopic (exact) mass is 254 g/mol. The molecule has 1 saturated carbocycles. The highest BCUT2D eigenvalue weighted by atomic mass is 32.1. The van der Waals surface area contributed by atoms with E-state index >= 15 is 0 Å². The molecule has 2 nitrogen and oxygen atoms in total. The summed E-state index contributed by atoms with van der Waals surface area (Å²) in [5, 5.41) is 4.36. The SMILES string of the molecule is CC(C)NC(=S)N1C[C@]2(C)C[C@H]1CC(C)(C)C2. The van der Waals surface area contributed by atoms with Crippen molar-refractivity contribution in [1.29, 1.82) is 0 Å². The molecule has 0 aromatic carbocycles. The summed E-state index contributed by atoms with van der Waals surface area (Å²) in [4.78, 5) is 2.45. The largest absolute Gasteiger partial charge is 0.360 e. The number of thiocarbonyl (C=S) groups is 1. The van der Waals surface area contributed by atoms with E-state index in [4.69, 9.17) is 12.2 Å². The van der Waals surface area contributed by atoms with E-state index in [1.807, 2.05) is 0 Å². The Morgan fingerprint density at radius 1 is 1.29 bits per heavy atom. The molecule has 98 valence electrons. The molecule has 0 aromatic rings. The summed E-state index contributed by atoms with van der Waals surface area (Å²) in [6, 6.07) is 1.09. The van der Waals surface area contributed by atoms with E-state index < -0.39 is 0 Å². The van der Waals surface area contributed by atoms with Gasteiger partial charge in [0.15, 0.2) is 5.11 Å². The molecule has 2 aliphatic rings. The van der Waals surface area contributed by atoms with Gasteiger partial charge in [-0.3, -0.25) is 0 Å². The van der Waals surface area contributed by atoms with E-state index in [1.54, 1.807) is 0 Å². The molecule has 0 radical (unpaired) electrons. The summed E-state index contributed by atoms with van der Waals surface area (Å²) >= 11 is 5.55. The first-order valence-electron chi connectivity index (χ1n) is 6.78. The smallest absolute Gasteiger partial charge is 0.169 e. The molecule has 2 atom stereocenters. The maximum atomic E-state index is 5.55. The molecule has 1 aliphatic heterocycles. The molecular weight excluding hydrogens is 228 g/mol.